The van der Waals surface area contributed by atoms with Crippen molar-refractivity contribution < 1.29 is 14.3 Å². The van der Waals surface area contributed by atoms with E-state index in [-0.39, 0.29) is 5.91 Å². The molecule has 0 spiro atoms. The zero-order valence-electron chi connectivity index (χ0n) is 19.1. The number of rotatable bonds is 8. The maximum atomic E-state index is 11.5. The number of carbonyl (C=O) groups excluding carboxylic acids is 1. The molecule has 0 unspecified atom stereocenters. The molecule has 4 rings (SSSR count). The number of nitrogens with zero attached hydrogens (tertiary/aromatic N) is 5. The minimum Gasteiger partial charge on any atom is -0.481 e. The van der Waals surface area contributed by atoms with Crippen molar-refractivity contribution in [2.75, 3.05) is 38.2 Å². The molecule has 8 nitrogen and oxygen atoms in total. The zero-order chi connectivity index (χ0) is 23.0. The van der Waals surface area contributed by atoms with E-state index < -0.39 is 0 Å². The Bertz CT molecular complexity index is 1050. The number of hydrogen-bond acceptors (Lipinski definition) is 7. The Balaban J connectivity index is 1.24. The number of anilines is 1. The average molecular weight is 448 g/mol. The standard InChI is InChI=1S/C25H29N5O3/c1-19(31)29-13-15-30(16-14-29)23-8-4-20(5-9-23)3-6-22-7-10-24(28-27-22)33-18-21-11-12-26-25(17-21)32-2/h4-5,7-12,17H,3,6,13-16,18H2,1-2H3. The van der Waals surface area contributed by atoms with Crippen LogP contribution in [0.4, 0.5) is 5.69 Å². The first-order valence-electron chi connectivity index (χ1n) is 11.1. The maximum absolute atomic E-state index is 11.5. The van der Waals surface area contributed by atoms with Crippen LogP contribution in [0, 0.1) is 0 Å². The van der Waals surface area contributed by atoms with Crippen molar-refractivity contribution in [2.24, 2.45) is 0 Å². The van der Waals surface area contributed by atoms with Crippen LogP contribution in [0.25, 0.3) is 0 Å². The number of aromatic nitrogens is 3. The van der Waals surface area contributed by atoms with E-state index in [9.17, 15) is 4.79 Å². The number of amides is 1. The molecule has 1 amide bonds. The van der Waals surface area contributed by atoms with Gasteiger partial charge in [0.05, 0.1) is 12.8 Å². The Morgan fingerprint density at radius 3 is 2.36 bits per heavy atom. The molecular weight excluding hydrogens is 418 g/mol. The lowest BCUT2D eigenvalue weighted by Gasteiger charge is -2.35. The Kier molecular flexibility index (Phi) is 7.34. The lowest BCUT2D eigenvalue weighted by atomic mass is 10.1. The van der Waals surface area contributed by atoms with E-state index in [0.29, 0.717) is 18.4 Å². The van der Waals surface area contributed by atoms with E-state index in [0.717, 1.165) is 50.3 Å². The first-order chi connectivity index (χ1) is 16.1. The van der Waals surface area contributed by atoms with Gasteiger partial charge in [0.15, 0.2) is 0 Å². The van der Waals surface area contributed by atoms with Gasteiger partial charge in [-0.2, -0.15) is 5.10 Å². The van der Waals surface area contributed by atoms with Crippen molar-refractivity contribution in [3.05, 3.63) is 71.5 Å². The molecule has 0 saturated carbocycles. The summed E-state index contributed by atoms with van der Waals surface area (Å²) < 4.78 is 10.8. The highest BCUT2D eigenvalue weighted by Gasteiger charge is 2.18. The molecule has 1 aromatic carbocycles. The predicted molar refractivity (Wildman–Crippen MR) is 125 cm³/mol. The Morgan fingerprint density at radius 1 is 0.909 bits per heavy atom. The molecule has 0 N–H and O–H groups in total. The van der Waals surface area contributed by atoms with E-state index in [1.54, 1.807) is 20.2 Å². The van der Waals surface area contributed by atoms with Crippen molar-refractivity contribution in [3.63, 3.8) is 0 Å². The number of hydrogen-bond donors (Lipinski definition) is 0. The molecule has 1 saturated heterocycles. The van der Waals surface area contributed by atoms with Gasteiger partial charge in [-0.25, -0.2) is 4.98 Å². The van der Waals surface area contributed by atoms with Crippen LogP contribution in [0.1, 0.15) is 23.7 Å². The first-order valence-corrected chi connectivity index (χ1v) is 11.1. The minimum absolute atomic E-state index is 0.155. The third-order valence-electron chi connectivity index (χ3n) is 5.79. The summed E-state index contributed by atoms with van der Waals surface area (Å²) in [6, 6.07) is 16.2. The molecular formula is C25H29N5O3. The largest absolute Gasteiger partial charge is 0.481 e. The second-order valence-corrected chi connectivity index (χ2v) is 8.02. The molecule has 2 aromatic heterocycles. The van der Waals surface area contributed by atoms with Gasteiger partial charge in [0, 0.05) is 57.1 Å². The van der Waals surface area contributed by atoms with Gasteiger partial charge in [0.2, 0.25) is 17.7 Å². The van der Waals surface area contributed by atoms with Gasteiger partial charge < -0.3 is 19.3 Å². The predicted octanol–water partition coefficient (Wildman–Crippen LogP) is 2.91. The van der Waals surface area contributed by atoms with Gasteiger partial charge in [0.1, 0.15) is 6.61 Å². The van der Waals surface area contributed by atoms with Crippen molar-refractivity contribution in [2.45, 2.75) is 26.4 Å². The highest BCUT2D eigenvalue weighted by molar-refractivity contribution is 5.73. The second kappa shape index (κ2) is 10.8. The quantitative estimate of drug-likeness (QED) is 0.525. The number of benzene rings is 1. The molecule has 0 radical (unpaired) electrons. The smallest absolute Gasteiger partial charge is 0.233 e. The topological polar surface area (TPSA) is 80.7 Å². The lowest BCUT2D eigenvalue weighted by molar-refractivity contribution is -0.129. The average Bonchev–Trinajstić information content (AvgIpc) is 2.87. The fourth-order valence-corrected chi connectivity index (χ4v) is 3.79. The number of methoxy groups -OCH3 is 1. The van der Waals surface area contributed by atoms with Crippen LogP contribution >= 0.6 is 0 Å². The Labute approximate surface area is 194 Å². The fraction of sp³-hybridized carbons (Fsp3) is 0.360. The first kappa shape index (κ1) is 22.5. The fourth-order valence-electron chi connectivity index (χ4n) is 3.79. The maximum Gasteiger partial charge on any atom is 0.233 e. The summed E-state index contributed by atoms with van der Waals surface area (Å²) in [5, 5.41) is 8.49. The highest BCUT2D eigenvalue weighted by atomic mass is 16.5. The van der Waals surface area contributed by atoms with Crippen molar-refractivity contribution in [3.8, 4) is 11.8 Å². The Hall–Kier alpha value is -3.68. The molecule has 0 bridgehead atoms. The minimum atomic E-state index is 0.155. The van der Waals surface area contributed by atoms with Gasteiger partial charge in [-0.3, -0.25) is 4.79 Å². The van der Waals surface area contributed by atoms with E-state index in [1.807, 2.05) is 29.2 Å². The van der Waals surface area contributed by atoms with Gasteiger partial charge in [-0.15, -0.1) is 5.10 Å². The molecule has 1 fully saturated rings. The van der Waals surface area contributed by atoms with E-state index in [4.69, 9.17) is 9.47 Å². The highest BCUT2D eigenvalue weighted by Crippen LogP contribution is 2.19. The SMILES string of the molecule is COc1cc(COc2ccc(CCc3ccc(N4CCN(C(C)=O)CC4)cc3)nn2)ccn1. The van der Waals surface area contributed by atoms with Crippen LogP contribution < -0.4 is 14.4 Å². The van der Waals surface area contributed by atoms with Crippen LogP contribution in [0.5, 0.6) is 11.8 Å². The van der Waals surface area contributed by atoms with Crippen molar-refractivity contribution in [1.29, 1.82) is 0 Å². The Morgan fingerprint density at radius 2 is 1.70 bits per heavy atom. The molecule has 0 aliphatic carbocycles. The van der Waals surface area contributed by atoms with Gasteiger partial charge in [-0.05, 0) is 48.2 Å². The zero-order valence-corrected chi connectivity index (χ0v) is 19.1. The summed E-state index contributed by atoms with van der Waals surface area (Å²) in [5.74, 6) is 1.20. The monoisotopic (exact) mass is 447 g/mol. The van der Waals surface area contributed by atoms with Gasteiger partial charge in [-0.1, -0.05) is 12.1 Å². The lowest BCUT2D eigenvalue weighted by Crippen LogP contribution is -2.48. The summed E-state index contributed by atoms with van der Waals surface area (Å²) >= 11 is 0. The summed E-state index contributed by atoms with van der Waals surface area (Å²) in [4.78, 5) is 19.8. The molecule has 172 valence electrons. The third-order valence-corrected chi connectivity index (χ3v) is 5.79. The molecule has 1 aliphatic heterocycles. The van der Waals surface area contributed by atoms with Crippen LogP contribution in [-0.4, -0.2) is 59.3 Å². The summed E-state index contributed by atoms with van der Waals surface area (Å²) in [7, 11) is 1.59. The normalized spacial score (nSPS) is 13.6. The van der Waals surface area contributed by atoms with E-state index >= 15 is 0 Å². The third kappa shape index (κ3) is 6.19. The number of aryl methyl sites for hydroxylation is 2. The molecule has 3 heterocycles. The summed E-state index contributed by atoms with van der Waals surface area (Å²) in [6.07, 6.45) is 3.39. The van der Waals surface area contributed by atoms with E-state index in [2.05, 4.69) is 44.3 Å². The summed E-state index contributed by atoms with van der Waals surface area (Å²) in [5.41, 5.74) is 4.35. The summed E-state index contributed by atoms with van der Waals surface area (Å²) in [6.45, 7) is 5.33. The van der Waals surface area contributed by atoms with Crippen LogP contribution in [0.3, 0.4) is 0 Å². The second-order valence-electron chi connectivity index (χ2n) is 8.02. The van der Waals surface area contributed by atoms with E-state index in [1.165, 1.54) is 11.3 Å². The number of pyridine rings is 1. The number of ether oxygens (including phenoxy) is 2. The van der Waals surface area contributed by atoms with Crippen molar-refractivity contribution in [1.82, 2.24) is 20.1 Å². The molecule has 8 heteroatoms. The van der Waals surface area contributed by atoms with Crippen molar-refractivity contribution >= 4 is 11.6 Å². The van der Waals surface area contributed by atoms with Gasteiger partial charge >= 0.3 is 0 Å². The molecule has 1 aliphatic rings. The molecule has 0 atom stereocenters. The van der Waals surface area contributed by atoms with Crippen LogP contribution in [0.15, 0.2) is 54.7 Å². The molecule has 3 aromatic rings. The molecule has 33 heavy (non-hydrogen) atoms. The number of carbonyl (C=O) groups is 1. The van der Waals surface area contributed by atoms with Crippen LogP contribution in [0.2, 0.25) is 0 Å². The number of piperazine rings is 1. The van der Waals surface area contributed by atoms with Crippen LogP contribution in [-0.2, 0) is 24.2 Å². The van der Waals surface area contributed by atoms with Gasteiger partial charge in [0.25, 0.3) is 0 Å².